The summed E-state index contributed by atoms with van der Waals surface area (Å²) in [6.45, 7) is 18.8. The van der Waals surface area contributed by atoms with Gasteiger partial charge < -0.3 is 33.2 Å². The van der Waals surface area contributed by atoms with Gasteiger partial charge in [0.2, 0.25) is 0 Å². The van der Waals surface area contributed by atoms with Gasteiger partial charge in [-0.2, -0.15) is 0 Å². The monoisotopic (exact) mass is 402 g/mol. The van der Waals surface area contributed by atoms with Crippen molar-refractivity contribution < 1.29 is 33.2 Å². The van der Waals surface area contributed by atoms with E-state index in [4.69, 9.17) is 33.2 Å². The first-order valence-electron chi connectivity index (χ1n) is 10.3. The lowest BCUT2D eigenvalue weighted by atomic mass is 9.88. The Balaban J connectivity index is 0.000000162. The van der Waals surface area contributed by atoms with E-state index in [2.05, 4.69) is 27.7 Å². The van der Waals surface area contributed by atoms with Crippen LogP contribution in [0.25, 0.3) is 0 Å². The standard InChI is InChI=1S/C11H20O4.C10H18O3/c1-10(3-12-4-10)7-14-9-15-8-11(2)5-13-6-11;1-9(3-11-4-9)7-13-8-10(2)5-12-6-10/h3-9H2,1-2H3;3-8H2,1-2H3. The van der Waals surface area contributed by atoms with Gasteiger partial charge in [-0.15, -0.1) is 0 Å². The lowest BCUT2D eigenvalue weighted by Crippen LogP contribution is -2.47. The van der Waals surface area contributed by atoms with E-state index in [0.717, 1.165) is 79.3 Å². The van der Waals surface area contributed by atoms with Crippen molar-refractivity contribution in [3.05, 3.63) is 0 Å². The molecule has 0 aliphatic carbocycles. The molecule has 0 radical (unpaired) electrons. The molecule has 0 spiro atoms. The minimum atomic E-state index is 0.215. The van der Waals surface area contributed by atoms with Crippen LogP contribution in [-0.2, 0) is 33.2 Å². The van der Waals surface area contributed by atoms with Crippen LogP contribution >= 0.6 is 0 Å². The zero-order chi connectivity index (χ0) is 20.1. The Morgan fingerprint density at radius 2 is 0.714 bits per heavy atom. The van der Waals surface area contributed by atoms with Crippen LogP contribution in [0, 0.1) is 21.7 Å². The van der Waals surface area contributed by atoms with Gasteiger partial charge >= 0.3 is 0 Å². The summed E-state index contributed by atoms with van der Waals surface area (Å²) in [5.41, 5.74) is 0.988. The third-order valence-electron chi connectivity index (χ3n) is 5.57. The van der Waals surface area contributed by atoms with Crippen molar-refractivity contribution in [1.82, 2.24) is 0 Å². The summed E-state index contributed by atoms with van der Waals surface area (Å²) in [6, 6.07) is 0. The topological polar surface area (TPSA) is 64.6 Å². The lowest BCUT2D eigenvalue weighted by molar-refractivity contribution is -0.188. The molecule has 7 nitrogen and oxygen atoms in total. The Morgan fingerprint density at radius 1 is 0.464 bits per heavy atom. The van der Waals surface area contributed by atoms with Crippen LogP contribution in [0.5, 0.6) is 0 Å². The molecule has 0 bridgehead atoms. The van der Waals surface area contributed by atoms with E-state index in [1.807, 2.05) is 0 Å². The summed E-state index contributed by atoms with van der Waals surface area (Å²) in [4.78, 5) is 0. The molecule has 4 aliphatic heterocycles. The molecule has 4 rings (SSSR count). The van der Waals surface area contributed by atoms with E-state index in [0.29, 0.717) is 6.79 Å². The van der Waals surface area contributed by atoms with Crippen molar-refractivity contribution in [1.29, 1.82) is 0 Å². The summed E-state index contributed by atoms with van der Waals surface area (Å²) in [7, 11) is 0. The molecule has 4 saturated heterocycles. The zero-order valence-corrected chi connectivity index (χ0v) is 18.1. The first-order chi connectivity index (χ1) is 13.2. The second-order valence-corrected chi connectivity index (χ2v) is 10.5. The van der Waals surface area contributed by atoms with Gasteiger partial charge in [-0.05, 0) is 0 Å². The third kappa shape index (κ3) is 6.36. The lowest BCUT2D eigenvalue weighted by Gasteiger charge is -2.41. The molecule has 4 aliphatic rings. The third-order valence-corrected chi connectivity index (χ3v) is 5.57. The maximum Gasteiger partial charge on any atom is 0.146 e. The molecule has 0 saturated carbocycles. The SMILES string of the molecule is CC1(COCC2(C)COC2)COC1.CC1(COCOCC2(C)COC2)COC1. The molecule has 7 heteroatoms. The van der Waals surface area contributed by atoms with E-state index in [9.17, 15) is 0 Å². The molecule has 0 unspecified atom stereocenters. The fourth-order valence-corrected chi connectivity index (χ4v) is 3.31. The van der Waals surface area contributed by atoms with Crippen LogP contribution in [0.15, 0.2) is 0 Å². The maximum atomic E-state index is 5.69. The van der Waals surface area contributed by atoms with Crippen LogP contribution in [-0.4, -0.2) is 86.1 Å². The summed E-state index contributed by atoms with van der Waals surface area (Å²) in [5.74, 6) is 0. The first kappa shape index (κ1) is 22.4. The molecular formula is C21H38O7. The van der Waals surface area contributed by atoms with E-state index >= 15 is 0 Å². The van der Waals surface area contributed by atoms with Crippen LogP contribution in [0.2, 0.25) is 0 Å². The van der Waals surface area contributed by atoms with Crippen molar-refractivity contribution in [2.75, 3.05) is 86.1 Å². The molecule has 164 valence electrons. The van der Waals surface area contributed by atoms with Crippen molar-refractivity contribution in [2.45, 2.75) is 27.7 Å². The van der Waals surface area contributed by atoms with Gasteiger partial charge in [-0.3, -0.25) is 0 Å². The Kier molecular flexibility index (Phi) is 7.40. The summed E-state index contributed by atoms with van der Waals surface area (Å²) < 4.78 is 37.2. The highest BCUT2D eigenvalue weighted by Gasteiger charge is 2.37. The summed E-state index contributed by atoms with van der Waals surface area (Å²) in [5, 5.41) is 0. The van der Waals surface area contributed by atoms with Crippen LogP contribution in [0.1, 0.15) is 27.7 Å². The Labute approximate surface area is 169 Å². The quantitative estimate of drug-likeness (QED) is 0.410. The average Bonchev–Trinajstić information content (AvgIpc) is 2.56. The molecular weight excluding hydrogens is 364 g/mol. The van der Waals surface area contributed by atoms with Crippen molar-refractivity contribution in [3.8, 4) is 0 Å². The Bertz CT molecular complexity index is 437. The average molecular weight is 403 g/mol. The fourth-order valence-electron chi connectivity index (χ4n) is 3.31. The summed E-state index contributed by atoms with van der Waals surface area (Å²) in [6.07, 6.45) is 0. The maximum absolute atomic E-state index is 5.69. The van der Waals surface area contributed by atoms with Gasteiger partial charge in [-0.25, -0.2) is 0 Å². The first-order valence-corrected chi connectivity index (χ1v) is 10.3. The highest BCUT2D eigenvalue weighted by atomic mass is 16.7. The minimum Gasteiger partial charge on any atom is -0.380 e. The molecule has 4 heterocycles. The zero-order valence-electron chi connectivity index (χ0n) is 18.1. The number of hydrogen-bond donors (Lipinski definition) is 0. The van der Waals surface area contributed by atoms with Crippen LogP contribution in [0.3, 0.4) is 0 Å². The molecule has 0 amide bonds. The van der Waals surface area contributed by atoms with Crippen molar-refractivity contribution >= 4 is 0 Å². The molecule has 28 heavy (non-hydrogen) atoms. The molecule has 0 aromatic heterocycles. The van der Waals surface area contributed by atoms with E-state index < -0.39 is 0 Å². The van der Waals surface area contributed by atoms with E-state index in [-0.39, 0.29) is 21.7 Å². The highest BCUT2D eigenvalue weighted by molar-refractivity contribution is 4.83. The molecule has 4 fully saturated rings. The van der Waals surface area contributed by atoms with Crippen LogP contribution in [0.4, 0.5) is 0 Å². The smallest absolute Gasteiger partial charge is 0.146 e. The predicted octanol–water partition coefficient (Wildman–Crippen LogP) is 2.13. The molecule has 0 aromatic carbocycles. The van der Waals surface area contributed by atoms with Crippen molar-refractivity contribution in [3.63, 3.8) is 0 Å². The van der Waals surface area contributed by atoms with Gasteiger partial charge in [0.05, 0.1) is 79.3 Å². The van der Waals surface area contributed by atoms with E-state index in [1.54, 1.807) is 0 Å². The molecule has 0 atom stereocenters. The second kappa shape index (κ2) is 9.25. The van der Waals surface area contributed by atoms with Gasteiger partial charge in [0.1, 0.15) is 6.79 Å². The molecule has 0 N–H and O–H groups in total. The molecule has 0 aromatic rings. The second-order valence-electron chi connectivity index (χ2n) is 10.5. The number of rotatable bonds is 10. The van der Waals surface area contributed by atoms with Crippen molar-refractivity contribution in [2.24, 2.45) is 21.7 Å². The van der Waals surface area contributed by atoms with Gasteiger partial charge in [0.15, 0.2) is 0 Å². The van der Waals surface area contributed by atoms with Gasteiger partial charge in [0, 0.05) is 21.7 Å². The highest BCUT2D eigenvalue weighted by Crippen LogP contribution is 2.30. The van der Waals surface area contributed by atoms with Gasteiger partial charge in [-0.1, -0.05) is 27.7 Å². The number of ether oxygens (including phenoxy) is 7. The van der Waals surface area contributed by atoms with Crippen LogP contribution < -0.4 is 0 Å². The van der Waals surface area contributed by atoms with Gasteiger partial charge in [0.25, 0.3) is 0 Å². The van der Waals surface area contributed by atoms with E-state index in [1.165, 1.54) is 0 Å². The number of hydrogen-bond acceptors (Lipinski definition) is 7. The minimum absolute atomic E-state index is 0.215. The normalized spacial score (nSPS) is 27.9. The largest absolute Gasteiger partial charge is 0.380 e. The Hall–Kier alpha value is -0.280. The Morgan fingerprint density at radius 3 is 0.929 bits per heavy atom. The summed E-state index contributed by atoms with van der Waals surface area (Å²) >= 11 is 0. The predicted molar refractivity (Wildman–Crippen MR) is 103 cm³/mol. The fraction of sp³-hybridized carbons (Fsp3) is 1.00.